The van der Waals surface area contributed by atoms with Crippen LogP contribution in [0.25, 0.3) is 11.3 Å². The predicted molar refractivity (Wildman–Crippen MR) is 113 cm³/mol. The molecule has 0 bridgehead atoms. The van der Waals surface area contributed by atoms with Gasteiger partial charge in [0, 0.05) is 43.9 Å². The topological polar surface area (TPSA) is 85.8 Å². The second-order valence-corrected chi connectivity index (χ2v) is 7.33. The number of hydrogen-bond donors (Lipinski definition) is 2. The van der Waals surface area contributed by atoms with Crippen LogP contribution in [0.15, 0.2) is 42.5 Å². The van der Waals surface area contributed by atoms with Crippen molar-refractivity contribution >= 4 is 17.8 Å². The quantitative estimate of drug-likeness (QED) is 0.781. The second-order valence-electron chi connectivity index (χ2n) is 7.33. The van der Waals surface area contributed by atoms with Gasteiger partial charge in [0.2, 0.25) is 0 Å². The third kappa shape index (κ3) is 5.04. The van der Waals surface area contributed by atoms with Crippen LogP contribution in [-0.2, 0) is 0 Å². The Kier molecular flexibility index (Phi) is 6.69. The van der Waals surface area contributed by atoms with Gasteiger partial charge in [0.15, 0.2) is 0 Å². The lowest BCUT2D eigenvalue weighted by atomic mass is 10.0. The van der Waals surface area contributed by atoms with Crippen LogP contribution < -0.4 is 10.2 Å². The van der Waals surface area contributed by atoms with Crippen molar-refractivity contribution in [1.82, 2.24) is 15.2 Å². The van der Waals surface area contributed by atoms with E-state index in [2.05, 4.69) is 10.2 Å². The number of amides is 2. The lowest BCUT2D eigenvalue weighted by molar-refractivity contribution is 0.0953. The van der Waals surface area contributed by atoms with Crippen LogP contribution in [0.2, 0.25) is 0 Å². The van der Waals surface area contributed by atoms with E-state index in [1.54, 1.807) is 7.05 Å². The molecule has 0 atom stereocenters. The van der Waals surface area contributed by atoms with E-state index in [0.717, 1.165) is 49.4 Å². The van der Waals surface area contributed by atoms with E-state index in [-0.39, 0.29) is 11.9 Å². The van der Waals surface area contributed by atoms with Gasteiger partial charge in [-0.05, 0) is 43.5 Å². The molecule has 1 saturated heterocycles. The van der Waals surface area contributed by atoms with Gasteiger partial charge in [0.25, 0.3) is 5.91 Å². The van der Waals surface area contributed by atoms with Gasteiger partial charge in [-0.15, -0.1) is 0 Å². The third-order valence-electron chi connectivity index (χ3n) is 5.33. The van der Waals surface area contributed by atoms with Crippen molar-refractivity contribution < 1.29 is 14.7 Å². The Morgan fingerprint density at radius 3 is 2.62 bits per heavy atom. The first-order valence-corrected chi connectivity index (χ1v) is 10.1. The maximum Gasteiger partial charge on any atom is 0.407 e. The number of nitrogens with one attached hydrogen (secondary N) is 1. The number of pyridine rings is 1. The molecule has 1 aliphatic heterocycles. The molecule has 7 nitrogen and oxygen atoms in total. The first-order chi connectivity index (χ1) is 14.0. The zero-order chi connectivity index (χ0) is 20.8. The lowest BCUT2D eigenvalue weighted by Gasteiger charge is -2.36. The molecule has 3 rings (SSSR count). The Morgan fingerprint density at radius 2 is 1.93 bits per heavy atom. The summed E-state index contributed by atoms with van der Waals surface area (Å²) >= 11 is 0. The maximum atomic E-state index is 12.2. The van der Waals surface area contributed by atoms with Gasteiger partial charge < -0.3 is 20.2 Å². The van der Waals surface area contributed by atoms with Gasteiger partial charge in [-0.2, -0.15) is 0 Å². The molecule has 29 heavy (non-hydrogen) atoms. The number of piperidine rings is 1. The van der Waals surface area contributed by atoms with E-state index in [0.29, 0.717) is 12.1 Å². The number of aromatic nitrogens is 1. The van der Waals surface area contributed by atoms with E-state index < -0.39 is 6.09 Å². The minimum Gasteiger partial charge on any atom is -0.465 e. The van der Waals surface area contributed by atoms with Crippen LogP contribution >= 0.6 is 0 Å². The van der Waals surface area contributed by atoms with Crippen LogP contribution in [-0.4, -0.2) is 59.7 Å². The molecule has 2 amide bonds. The van der Waals surface area contributed by atoms with Gasteiger partial charge in [-0.25, -0.2) is 9.78 Å². The average molecular weight is 396 g/mol. The molecule has 154 valence electrons. The first kappa shape index (κ1) is 20.6. The normalized spacial score (nSPS) is 14.5. The van der Waals surface area contributed by atoms with Crippen LogP contribution in [0.3, 0.4) is 0 Å². The molecule has 0 spiro atoms. The summed E-state index contributed by atoms with van der Waals surface area (Å²) in [6.07, 6.45) is 1.57. The number of carboxylic acid groups (broad SMARTS) is 1. The monoisotopic (exact) mass is 396 g/mol. The largest absolute Gasteiger partial charge is 0.465 e. The lowest BCUT2D eigenvalue weighted by Crippen LogP contribution is -2.45. The summed E-state index contributed by atoms with van der Waals surface area (Å²) in [6.45, 7) is 4.20. The Balaban J connectivity index is 1.72. The highest BCUT2D eigenvalue weighted by molar-refractivity contribution is 5.95. The zero-order valence-electron chi connectivity index (χ0n) is 17.0. The van der Waals surface area contributed by atoms with Crippen molar-refractivity contribution in [3.05, 3.63) is 48.0 Å². The van der Waals surface area contributed by atoms with E-state index in [1.165, 1.54) is 4.90 Å². The summed E-state index contributed by atoms with van der Waals surface area (Å²) in [5, 5.41) is 12.1. The second kappa shape index (κ2) is 9.41. The molecule has 0 unspecified atom stereocenters. The molecule has 2 heterocycles. The summed E-state index contributed by atoms with van der Waals surface area (Å²) in [5.41, 5.74) is 2.34. The van der Waals surface area contributed by atoms with Gasteiger partial charge in [0.05, 0.1) is 5.69 Å². The Labute approximate surface area is 171 Å². The summed E-state index contributed by atoms with van der Waals surface area (Å²) in [6, 6.07) is 13.4. The number of anilines is 1. The number of benzene rings is 1. The highest BCUT2D eigenvalue weighted by Crippen LogP contribution is 2.25. The van der Waals surface area contributed by atoms with Crippen molar-refractivity contribution in [3.63, 3.8) is 0 Å². The highest BCUT2D eigenvalue weighted by atomic mass is 16.4. The molecular formula is C22H28N4O3. The van der Waals surface area contributed by atoms with E-state index in [1.807, 2.05) is 49.4 Å². The van der Waals surface area contributed by atoms with Gasteiger partial charge in [0.1, 0.15) is 5.82 Å². The van der Waals surface area contributed by atoms with Crippen molar-refractivity contribution in [1.29, 1.82) is 0 Å². The van der Waals surface area contributed by atoms with Crippen molar-refractivity contribution in [2.24, 2.45) is 0 Å². The molecule has 1 fully saturated rings. The Hall–Kier alpha value is -3.09. The number of carbonyl (C=O) groups excluding carboxylic acids is 1. The number of nitrogens with zero attached hydrogens (tertiary/aromatic N) is 3. The number of hydrogen-bond acceptors (Lipinski definition) is 4. The standard InChI is InChI=1S/C22H28N4O3/c1-3-12-23-21(27)17-7-4-6-16(15-17)19-8-5-9-20(24-19)26-13-10-18(11-14-26)25(2)22(28)29/h4-9,15,18H,3,10-14H2,1-2H3,(H,23,27)(H,28,29). The first-order valence-electron chi connectivity index (χ1n) is 10.1. The average Bonchev–Trinajstić information content (AvgIpc) is 2.77. The molecule has 0 saturated carbocycles. The third-order valence-corrected chi connectivity index (χ3v) is 5.33. The van der Waals surface area contributed by atoms with Crippen molar-refractivity contribution in [2.75, 3.05) is 31.6 Å². The summed E-state index contributed by atoms with van der Waals surface area (Å²) in [4.78, 5) is 31.8. The minimum absolute atomic E-state index is 0.0465. The fraction of sp³-hybridized carbons (Fsp3) is 0.409. The molecule has 1 aromatic carbocycles. The number of carbonyl (C=O) groups is 2. The molecule has 2 N–H and O–H groups in total. The van der Waals surface area contributed by atoms with Crippen molar-refractivity contribution in [3.8, 4) is 11.3 Å². The predicted octanol–water partition coefficient (Wildman–Crippen LogP) is 3.47. The summed E-state index contributed by atoms with van der Waals surface area (Å²) in [7, 11) is 1.63. The van der Waals surface area contributed by atoms with Crippen LogP contribution in [0.4, 0.5) is 10.6 Å². The minimum atomic E-state index is -0.883. The van der Waals surface area contributed by atoms with Gasteiger partial charge in [-0.3, -0.25) is 4.79 Å². The van der Waals surface area contributed by atoms with Crippen molar-refractivity contribution in [2.45, 2.75) is 32.2 Å². The van der Waals surface area contributed by atoms with E-state index in [4.69, 9.17) is 10.1 Å². The van der Waals surface area contributed by atoms with Crippen LogP contribution in [0.5, 0.6) is 0 Å². The summed E-state index contributed by atoms with van der Waals surface area (Å²) < 4.78 is 0. The van der Waals surface area contributed by atoms with E-state index >= 15 is 0 Å². The van der Waals surface area contributed by atoms with Gasteiger partial charge >= 0.3 is 6.09 Å². The molecule has 2 aromatic rings. The highest BCUT2D eigenvalue weighted by Gasteiger charge is 2.25. The zero-order valence-corrected chi connectivity index (χ0v) is 17.0. The van der Waals surface area contributed by atoms with Crippen LogP contribution in [0.1, 0.15) is 36.5 Å². The number of rotatable bonds is 6. The van der Waals surface area contributed by atoms with Gasteiger partial charge in [-0.1, -0.05) is 25.1 Å². The summed E-state index contributed by atoms with van der Waals surface area (Å²) in [5.74, 6) is 0.800. The Morgan fingerprint density at radius 1 is 1.21 bits per heavy atom. The molecular weight excluding hydrogens is 368 g/mol. The fourth-order valence-electron chi connectivity index (χ4n) is 3.56. The Bertz CT molecular complexity index is 863. The molecule has 0 aliphatic carbocycles. The van der Waals surface area contributed by atoms with E-state index in [9.17, 15) is 9.59 Å². The fourth-order valence-corrected chi connectivity index (χ4v) is 3.56. The molecule has 7 heteroatoms. The smallest absolute Gasteiger partial charge is 0.407 e. The maximum absolute atomic E-state index is 12.2. The molecule has 1 aliphatic rings. The molecule has 0 radical (unpaired) electrons. The SMILES string of the molecule is CCCNC(=O)c1cccc(-c2cccc(N3CCC(N(C)C(=O)O)CC3)n2)c1. The van der Waals surface area contributed by atoms with Crippen LogP contribution in [0, 0.1) is 0 Å². The molecule has 1 aromatic heterocycles.